The number of nitrogens with zero attached hydrogens (tertiary/aromatic N) is 4. The molecule has 0 heterocycles. The van der Waals surface area contributed by atoms with E-state index < -0.39 is 12.1 Å². The van der Waals surface area contributed by atoms with Crippen molar-refractivity contribution in [3.8, 4) is 11.1 Å². The van der Waals surface area contributed by atoms with E-state index in [9.17, 15) is 9.59 Å². The zero-order valence-corrected chi connectivity index (χ0v) is 18.5. The first-order valence-electron chi connectivity index (χ1n) is 10.3. The van der Waals surface area contributed by atoms with Gasteiger partial charge in [-0.3, -0.25) is 4.90 Å². The fourth-order valence-electron chi connectivity index (χ4n) is 4.15. The van der Waals surface area contributed by atoms with Crippen LogP contribution in [0.15, 0.2) is 65.8 Å². The summed E-state index contributed by atoms with van der Waals surface area (Å²) in [5, 5.41) is 3.64. The Bertz CT molecular complexity index is 1250. The second-order valence-corrected chi connectivity index (χ2v) is 7.68. The summed E-state index contributed by atoms with van der Waals surface area (Å²) in [5.74, 6) is -0.665. The first-order valence-corrected chi connectivity index (χ1v) is 10.3. The maximum Gasteiger partial charge on any atom is 0.414 e. The molecule has 1 amide bonds. The molecule has 166 valence electrons. The molecule has 1 aliphatic rings. The van der Waals surface area contributed by atoms with E-state index in [1.54, 1.807) is 6.92 Å². The third kappa shape index (κ3) is 4.00. The van der Waals surface area contributed by atoms with E-state index in [1.165, 1.54) is 31.2 Å². The number of carbonyl (C=O) groups excluding carboxylic acids is 2. The van der Waals surface area contributed by atoms with Crippen LogP contribution in [0, 0.1) is 6.92 Å². The molecule has 3 aromatic carbocycles. The van der Waals surface area contributed by atoms with E-state index in [0.29, 0.717) is 11.3 Å². The van der Waals surface area contributed by atoms with E-state index in [0.717, 1.165) is 22.3 Å². The Morgan fingerprint density at radius 3 is 2.24 bits per heavy atom. The van der Waals surface area contributed by atoms with Gasteiger partial charge in [-0.2, -0.15) is 0 Å². The molecule has 0 aliphatic heterocycles. The highest BCUT2D eigenvalue weighted by molar-refractivity contribution is 5.96. The molecular formula is C25H22N4O4. The minimum atomic E-state index is -0.594. The van der Waals surface area contributed by atoms with Crippen molar-refractivity contribution in [2.75, 3.05) is 25.7 Å². The molecule has 4 rings (SSSR count). The number of carbonyl (C=O) groups is 2. The van der Waals surface area contributed by atoms with Gasteiger partial charge in [0.05, 0.1) is 12.7 Å². The van der Waals surface area contributed by atoms with Crippen LogP contribution in [0.2, 0.25) is 0 Å². The van der Waals surface area contributed by atoms with Crippen molar-refractivity contribution < 1.29 is 19.1 Å². The summed E-state index contributed by atoms with van der Waals surface area (Å²) in [5.41, 5.74) is 14.6. The Hall–Kier alpha value is -4.29. The summed E-state index contributed by atoms with van der Waals surface area (Å²) in [4.78, 5) is 29.2. The number of methoxy groups -OCH3 is 1. The van der Waals surface area contributed by atoms with Crippen LogP contribution < -0.4 is 4.90 Å². The van der Waals surface area contributed by atoms with Gasteiger partial charge in [-0.25, -0.2) is 9.59 Å². The molecule has 33 heavy (non-hydrogen) atoms. The van der Waals surface area contributed by atoms with Gasteiger partial charge in [0.15, 0.2) is 0 Å². The molecule has 0 saturated carbocycles. The Morgan fingerprint density at radius 1 is 1.06 bits per heavy atom. The summed E-state index contributed by atoms with van der Waals surface area (Å²) < 4.78 is 10.5. The molecule has 8 nitrogen and oxygen atoms in total. The van der Waals surface area contributed by atoms with E-state index >= 15 is 0 Å². The highest BCUT2D eigenvalue weighted by Gasteiger charge is 2.29. The monoisotopic (exact) mass is 442 g/mol. The summed E-state index contributed by atoms with van der Waals surface area (Å²) in [6, 6.07) is 19.2. The maximum absolute atomic E-state index is 12.9. The van der Waals surface area contributed by atoms with Crippen molar-refractivity contribution in [2.45, 2.75) is 12.8 Å². The number of hydrogen-bond acceptors (Lipinski definition) is 5. The molecule has 0 radical (unpaired) electrons. The van der Waals surface area contributed by atoms with Crippen LogP contribution in [-0.4, -0.2) is 32.8 Å². The van der Waals surface area contributed by atoms with Gasteiger partial charge in [0.25, 0.3) is 0 Å². The van der Waals surface area contributed by atoms with Crippen molar-refractivity contribution in [3.05, 3.63) is 93.4 Å². The number of anilines is 1. The zero-order valence-electron chi connectivity index (χ0n) is 18.5. The largest absolute Gasteiger partial charge is 0.465 e. The van der Waals surface area contributed by atoms with Gasteiger partial charge < -0.3 is 9.47 Å². The average molecular weight is 442 g/mol. The van der Waals surface area contributed by atoms with Crippen molar-refractivity contribution in [1.82, 2.24) is 0 Å². The predicted molar refractivity (Wildman–Crippen MR) is 125 cm³/mol. The number of amides is 1. The molecule has 1 aliphatic carbocycles. The minimum absolute atomic E-state index is 0.0721. The summed E-state index contributed by atoms with van der Waals surface area (Å²) in [6.07, 6.45) is -0.594. The Balaban J connectivity index is 1.58. The van der Waals surface area contributed by atoms with Crippen LogP contribution in [0.3, 0.4) is 0 Å². The summed E-state index contributed by atoms with van der Waals surface area (Å²) in [6.45, 7) is 1.81. The van der Waals surface area contributed by atoms with Gasteiger partial charge in [-0.15, -0.1) is 0 Å². The third-order valence-electron chi connectivity index (χ3n) is 5.92. The zero-order chi connectivity index (χ0) is 23.5. The van der Waals surface area contributed by atoms with Gasteiger partial charge in [0.1, 0.15) is 6.61 Å². The van der Waals surface area contributed by atoms with Gasteiger partial charge >= 0.3 is 12.1 Å². The lowest BCUT2D eigenvalue weighted by molar-refractivity contribution is 0.0600. The number of ether oxygens (including phenoxy) is 2. The lowest BCUT2D eigenvalue weighted by Gasteiger charge is -2.21. The van der Waals surface area contributed by atoms with Crippen LogP contribution >= 0.6 is 0 Å². The Morgan fingerprint density at radius 2 is 1.67 bits per heavy atom. The van der Waals surface area contributed by atoms with Gasteiger partial charge in [-0.05, 0) is 52.4 Å². The number of azide groups is 1. The smallest absolute Gasteiger partial charge is 0.414 e. The molecule has 3 aromatic rings. The SMILES string of the molecule is COC(=O)c1cc(N(C)C(=O)OCC2c3ccccc3-c3ccccc32)cc(N=[N+]=[N-])c1C. The van der Waals surface area contributed by atoms with Crippen molar-refractivity contribution >= 4 is 23.4 Å². The van der Waals surface area contributed by atoms with E-state index in [2.05, 4.69) is 22.2 Å². The van der Waals surface area contributed by atoms with Crippen molar-refractivity contribution in [1.29, 1.82) is 0 Å². The normalized spacial score (nSPS) is 11.7. The molecule has 0 fully saturated rings. The van der Waals surface area contributed by atoms with E-state index in [1.807, 2.05) is 36.4 Å². The standard InChI is InChI=1S/C25H22N4O4/c1-15-21(24(30)32-3)12-16(13-23(15)27-28-26)29(2)25(31)33-14-22-19-10-6-4-8-17(19)18-9-5-7-11-20(18)22/h4-13,22H,14H2,1-3H3. The summed E-state index contributed by atoms with van der Waals surface area (Å²) in [7, 11) is 2.79. The van der Waals surface area contributed by atoms with Crippen LogP contribution in [0.4, 0.5) is 16.2 Å². The fourth-order valence-corrected chi connectivity index (χ4v) is 4.15. The molecule has 0 unspecified atom stereocenters. The average Bonchev–Trinajstić information content (AvgIpc) is 3.16. The lowest BCUT2D eigenvalue weighted by atomic mass is 9.98. The first kappa shape index (κ1) is 21.9. The molecule has 0 spiro atoms. The Labute approximate surface area is 191 Å². The molecular weight excluding hydrogens is 420 g/mol. The molecule has 0 atom stereocenters. The third-order valence-corrected chi connectivity index (χ3v) is 5.92. The Kier molecular flexibility index (Phi) is 6.02. The number of esters is 1. The number of rotatable bonds is 5. The topological polar surface area (TPSA) is 105 Å². The van der Waals surface area contributed by atoms with Crippen LogP contribution in [0.25, 0.3) is 21.6 Å². The van der Waals surface area contributed by atoms with Crippen molar-refractivity contribution in [3.63, 3.8) is 0 Å². The van der Waals surface area contributed by atoms with Gasteiger partial charge in [0, 0.05) is 29.3 Å². The second-order valence-electron chi connectivity index (χ2n) is 7.68. The number of benzene rings is 3. The van der Waals surface area contributed by atoms with Gasteiger partial charge in [-0.1, -0.05) is 53.6 Å². The van der Waals surface area contributed by atoms with Crippen LogP contribution in [0.5, 0.6) is 0 Å². The molecule has 0 N–H and O–H groups in total. The van der Waals surface area contributed by atoms with E-state index in [-0.39, 0.29) is 23.8 Å². The fraction of sp³-hybridized carbons (Fsp3) is 0.200. The highest BCUT2D eigenvalue weighted by Crippen LogP contribution is 2.44. The van der Waals surface area contributed by atoms with E-state index in [4.69, 9.17) is 15.0 Å². The van der Waals surface area contributed by atoms with Crippen LogP contribution in [0.1, 0.15) is 33.0 Å². The summed E-state index contributed by atoms with van der Waals surface area (Å²) >= 11 is 0. The van der Waals surface area contributed by atoms with Crippen molar-refractivity contribution in [2.24, 2.45) is 5.11 Å². The first-order chi connectivity index (χ1) is 16.0. The second kappa shape index (κ2) is 9.06. The predicted octanol–water partition coefficient (Wildman–Crippen LogP) is 6.11. The maximum atomic E-state index is 12.9. The number of hydrogen-bond donors (Lipinski definition) is 0. The lowest BCUT2D eigenvalue weighted by Crippen LogP contribution is -2.28. The van der Waals surface area contributed by atoms with Gasteiger partial charge in [0.2, 0.25) is 0 Å². The highest BCUT2D eigenvalue weighted by atomic mass is 16.6. The molecule has 8 heteroatoms. The minimum Gasteiger partial charge on any atom is -0.465 e. The molecule has 0 bridgehead atoms. The number of fused-ring (bicyclic) bond motifs is 3. The molecule has 0 saturated heterocycles. The quantitative estimate of drug-likeness (QED) is 0.206. The van der Waals surface area contributed by atoms with Crippen LogP contribution in [-0.2, 0) is 9.47 Å². The molecule has 0 aromatic heterocycles.